The van der Waals surface area contributed by atoms with Crippen molar-refractivity contribution in [3.63, 3.8) is 0 Å². The van der Waals surface area contributed by atoms with E-state index in [0.717, 1.165) is 10.6 Å². The molecule has 26 heavy (non-hydrogen) atoms. The number of nitrogens with one attached hydrogen (secondary N) is 1. The van der Waals surface area contributed by atoms with Crippen LogP contribution in [0.3, 0.4) is 0 Å². The molecule has 138 valence electrons. The van der Waals surface area contributed by atoms with Gasteiger partial charge in [0.2, 0.25) is 5.91 Å². The van der Waals surface area contributed by atoms with E-state index in [2.05, 4.69) is 10.3 Å². The van der Waals surface area contributed by atoms with E-state index in [0.29, 0.717) is 22.3 Å². The van der Waals surface area contributed by atoms with Gasteiger partial charge >= 0.3 is 0 Å². The first kappa shape index (κ1) is 19.2. The number of rotatable bonds is 3. The molecule has 0 radical (unpaired) electrons. The summed E-state index contributed by atoms with van der Waals surface area (Å²) in [5.74, 6) is 0.749. The van der Waals surface area contributed by atoms with E-state index < -0.39 is 6.04 Å². The molecule has 0 saturated carbocycles. The highest BCUT2D eigenvalue weighted by Crippen LogP contribution is 2.28. The van der Waals surface area contributed by atoms with Crippen LogP contribution in [0.25, 0.3) is 10.6 Å². The predicted octanol–water partition coefficient (Wildman–Crippen LogP) is 3.89. The molecule has 1 aromatic heterocycles. The van der Waals surface area contributed by atoms with Gasteiger partial charge in [0.15, 0.2) is 0 Å². The van der Waals surface area contributed by atoms with Crippen LogP contribution in [0, 0.1) is 0 Å². The van der Waals surface area contributed by atoms with Crippen LogP contribution in [0.2, 0.25) is 5.02 Å². The number of carbonyl (C=O) groups is 2. The minimum Gasteiger partial charge on any atom is -0.350 e. The van der Waals surface area contributed by atoms with Crippen LogP contribution < -0.4 is 5.32 Å². The Balaban J connectivity index is 1.77. The molecule has 8 heteroatoms. The average molecular weight is 410 g/mol. The summed E-state index contributed by atoms with van der Waals surface area (Å²) in [5, 5.41) is 6.05. The molecule has 5 nitrogen and oxygen atoms in total. The Kier molecular flexibility index (Phi) is 5.60. The van der Waals surface area contributed by atoms with Gasteiger partial charge in [0.25, 0.3) is 5.91 Å². The lowest BCUT2D eigenvalue weighted by molar-refractivity contribution is -0.125. The molecule has 0 bridgehead atoms. The fraction of sp³-hybridized carbons (Fsp3) is 0.389. The Bertz CT molecular complexity index is 832. The van der Waals surface area contributed by atoms with E-state index in [1.165, 1.54) is 11.3 Å². The van der Waals surface area contributed by atoms with E-state index in [9.17, 15) is 9.59 Å². The lowest BCUT2D eigenvalue weighted by Crippen LogP contribution is -2.52. The van der Waals surface area contributed by atoms with Gasteiger partial charge in [-0.3, -0.25) is 9.59 Å². The van der Waals surface area contributed by atoms with Gasteiger partial charge in [-0.05, 0) is 32.9 Å². The highest BCUT2D eigenvalue weighted by molar-refractivity contribution is 7.99. The Labute approximate surface area is 166 Å². The SMILES string of the molecule is CC(C)(C)NC(=O)C1CSCN1C(=O)c1csc(-c2cccc(Cl)c2)n1. The molecule has 1 fully saturated rings. The van der Waals surface area contributed by atoms with Crippen LogP contribution in [-0.4, -0.2) is 44.9 Å². The molecule has 1 unspecified atom stereocenters. The first-order valence-corrected chi connectivity index (χ1v) is 10.6. The molecule has 0 spiro atoms. The van der Waals surface area contributed by atoms with Crippen molar-refractivity contribution in [1.29, 1.82) is 0 Å². The number of thioether (sulfide) groups is 1. The normalized spacial score (nSPS) is 17.4. The molecule has 2 amide bonds. The number of benzene rings is 1. The van der Waals surface area contributed by atoms with Crippen molar-refractivity contribution in [1.82, 2.24) is 15.2 Å². The third-order valence-electron chi connectivity index (χ3n) is 3.74. The van der Waals surface area contributed by atoms with E-state index in [1.807, 2.05) is 39.0 Å². The number of carbonyl (C=O) groups excluding carboxylic acids is 2. The molecular weight excluding hydrogens is 390 g/mol. The zero-order chi connectivity index (χ0) is 18.9. The Hall–Kier alpha value is -1.57. The van der Waals surface area contributed by atoms with Crippen molar-refractivity contribution in [2.45, 2.75) is 32.4 Å². The maximum atomic E-state index is 12.9. The van der Waals surface area contributed by atoms with Crippen LogP contribution in [0.1, 0.15) is 31.3 Å². The van der Waals surface area contributed by atoms with Crippen molar-refractivity contribution in [3.8, 4) is 10.6 Å². The summed E-state index contributed by atoms with van der Waals surface area (Å²) in [4.78, 5) is 31.5. The summed E-state index contributed by atoms with van der Waals surface area (Å²) >= 11 is 9.00. The third kappa shape index (κ3) is 4.39. The molecule has 0 aliphatic carbocycles. The molecule has 1 aliphatic rings. The van der Waals surface area contributed by atoms with Crippen molar-refractivity contribution in [2.24, 2.45) is 0 Å². The van der Waals surface area contributed by atoms with Crippen molar-refractivity contribution in [2.75, 3.05) is 11.6 Å². The first-order valence-electron chi connectivity index (χ1n) is 8.17. The van der Waals surface area contributed by atoms with Gasteiger partial charge in [-0.1, -0.05) is 23.7 Å². The number of halogens is 1. The number of aromatic nitrogens is 1. The van der Waals surface area contributed by atoms with Crippen LogP contribution in [-0.2, 0) is 4.79 Å². The van der Waals surface area contributed by atoms with E-state index in [1.54, 1.807) is 28.1 Å². The lowest BCUT2D eigenvalue weighted by Gasteiger charge is -2.27. The van der Waals surface area contributed by atoms with Gasteiger partial charge in [0, 0.05) is 27.3 Å². The number of hydrogen-bond acceptors (Lipinski definition) is 5. The van der Waals surface area contributed by atoms with E-state index in [-0.39, 0.29) is 17.4 Å². The summed E-state index contributed by atoms with van der Waals surface area (Å²) in [6.45, 7) is 5.78. The molecule has 1 atom stereocenters. The standard InChI is InChI=1S/C18H20ClN3O2S2/c1-18(2,3)21-15(23)14-9-25-10-22(14)17(24)13-8-26-16(20-13)11-5-4-6-12(19)7-11/h4-8,14H,9-10H2,1-3H3,(H,21,23). The summed E-state index contributed by atoms with van der Waals surface area (Å²) in [6, 6.07) is 6.90. The fourth-order valence-corrected chi connectivity index (χ4v) is 4.72. The minimum absolute atomic E-state index is 0.124. The number of amides is 2. The zero-order valence-electron chi connectivity index (χ0n) is 14.8. The largest absolute Gasteiger partial charge is 0.350 e. The molecule has 1 saturated heterocycles. The fourth-order valence-electron chi connectivity index (χ4n) is 2.59. The predicted molar refractivity (Wildman–Crippen MR) is 108 cm³/mol. The molecule has 1 aromatic carbocycles. The van der Waals surface area contributed by atoms with Crippen LogP contribution in [0.15, 0.2) is 29.6 Å². The van der Waals surface area contributed by atoms with Crippen LogP contribution in [0.5, 0.6) is 0 Å². The molecule has 1 N–H and O–H groups in total. The van der Waals surface area contributed by atoms with Gasteiger partial charge in [0.05, 0.1) is 5.88 Å². The smallest absolute Gasteiger partial charge is 0.274 e. The van der Waals surface area contributed by atoms with Gasteiger partial charge in [-0.25, -0.2) is 4.98 Å². The minimum atomic E-state index is -0.469. The number of hydrogen-bond donors (Lipinski definition) is 1. The second-order valence-corrected chi connectivity index (χ2v) is 9.37. The summed E-state index contributed by atoms with van der Waals surface area (Å²) < 4.78 is 0. The molecule has 1 aliphatic heterocycles. The van der Waals surface area contributed by atoms with Crippen molar-refractivity contribution >= 4 is 46.5 Å². The van der Waals surface area contributed by atoms with Gasteiger partial charge in [-0.2, -0.15) is 0 Å². The molecule has 3 rings (SSSR count). The van der Waals surface area contributed by atoms with E-state index in [4.69, 9.17) is 11.6 Å². The Morgan fingerprint density at radius 2 is 2.12 bits per heavy atom. The third-order valence-corrected chi connectivity index (χ3v) is 5.88. The lowest BCUT2D eigenvalue weighted by atomic mass is 10.1. The van der Waals surface area contributed by atoms with Crippen molar-refractivity contribution in [3.05, 3.63) is 40.4 Å². The highest BCUT2D eigenvalue weighted by atomic mass is 35.5. The maximum Gasteiger partial charge on any atom is 0.274 e. The van der Waals surface area contributed by atoms with Gasteiger partial charge < -0.3 is 10.2 Å². The quantitative estimate of drug-likeness (QED) is 0.835. The Morgan fingerprint density at radius 1 is 1.35 bits per heavy atom. The van der Waals surface area contributed by atoms with Gasteiger partial charge in [-0.15, -0.1) is 23.1 Å². The summed E-state index contributed by atoms with van der Waals surface area (Å²) in [5.41, 5.74) is 0.903. The first-order chi connectivity index (χ1) is 12.2. The average Bonchev–Trinajstić information content (AvgIpc) is 3.22. The number of thiazole rings is 1. The molecule has 2 aromatic rings. The summed E-state index contributed by atoms with van der Waals surface area (Å²) in [7, 11) is 0. The van der Waals surface area contributed by atoms with Crippen LogP contribution >= 0.6 is 34.7 Å². The maximum absolute atomic E-state index is 12.9. The second-order valence-electron chi connectivity index (χ2n) is 7.08. The monoisotopic (exact) mass is 409 g/mol. The highest BCUT2D eigenvalue weighted by Gasteiger charge is 2.37. The number of nitrogens with zero attached hydrogens (tertiary/aromatic N) is 2. The van der Waals surface area contributed by atoms with Gasteiger partial charge in [0.1, 0.15) is 16.7 Å². The Morgan fingerprint density at radius 3 is 2.81 bits per heavy atom. The molecule has 2 heterocycles. The summed E-state index contributed by atoms with van der Waals surface area (Å²) in [6.07, 6.45) is 0. The van der Waals surface area contributed by atoms with E-state index >= 15 is 0 Å². The molecular formula is C18H20ClN3O2S2. The van der Waals surface area contributed by atoms with Crippen LogP contribution in [0.4, 0.5) is 0 Å². The topological polar surface area (TPSA) is 62.3 Å². The van der Waals surface area contributed by atoms with Crippen molar-refractivity contribution < 1.29 is 9.59 Å². The second kappa shape index (κ2) is 7.58. The zero-order valence-corrected chi connectivity index (χ0v) is 17.2.